The Bertz CT molecular complexity index is 2030. The van der Waals surface area contributed by atoms with E-state index in [0.29, 0.717) is 56.4 Å². The van der Waals surface area contributed by atoms with Gasteiger partial charge in [-0.2, -0.15) is 8.78 Å². The quantitative estimate of drug-likeness (QED) is 0.159. The molecule has 4 aliphatic rings. The zero-order chi connectivity index (χ0) is 34.2. The van der Waals surface area contributed by atoms with E-state index in [0.717, 1.165) is 55.9 Å². The molecule has 8 rings (SSSR count). The molecule has 2 aliphatic carbocycles. The number of sulfonamides is 1. The molecular formula is C33H33Cl2F2N5O5S2. The Kier molecular flexibility index (Phi) is 8.33. The van der Waals surface area contributed by atoms with Gasteiger partial charge in [0.25, 0.3) is 5.91 Å². The molecule has 4 aromatic rings. The third kappa shape index (κ3) is 6.17. The Hall–Kier alpha value is -3.04. The van der Waals surface area contributed by atoms with Crippen LogP contribution in [0.15, 0.2) is 34.9 Å². The van der Waals surface area contributed by atoms with Crippen LogP contribution in [0.2, 0.25) is 10.0 Å². The van der Waals surface area contributed by atoms with E-state index in [1.54, 1.807) is 25.1 Å². The number of anilines is 1. The number of amides is 1. The molecule has 2 aromatic carbocycles. The lowest BCUT2D eigenvalue weighted by Gasteiger charge is -2.39. The maximum atomic E-state index is 13.5. The number of hydrogen-bond acceptors (Lipinski definition) is 10. The van der Waals surface area contributed by atoms with Gasteiger partial charge in [-0.25, -0.2) is 18.1 Å². The van der Waals surface area contributed by atoms with Crippen LogP contribution in [0.1, 0.15) is 85.9 Å². The largest absolute Gasteiger partial charge is 0.432 e. The van der Waals surface area contributed by atoms with Crippen molar-refractivity contribution in [1.29, 1.82) is 0 Å². The molecule has 2 bridgehead atoms. The van der Waals surface area contributed by atoms with Gasteiger partial charge in [0.1, 0.15) is 17.0 Å². The summed E-state index contributed by atoms with van der Waals surface area (Å²) in [4.78, 5) is 20.0. The molecule has 2 saturated carbocycles. The van der Waals surface area contributed by atoms with E-state index in [-0.39, 0.29) is 35.0 Å². The van der Waals surface area contributed by atoms with Gasteiger partial charge in [0.15, 0.2) is 10.9 Å². The number of piperidine rings is 1. The molecule has 260 valence electrons. The Morgan fingerprint density at radius 1 is 1.14 bits per heavy atom. The molecule has 2 saturated heterocycles. The van der Waals surface area contributed by atoms with E-state index in [9.17, 15) is 22.0 Å². The van der Waals surface area contributed by atoms with Crippen LogP contribution >= 0.6 is 34.5 Å². The SMILES string of the molecule is CC1(S(=O)(=O)NC(=O)c2cc(OC(F)F)c3nc(N4C5CCC4CC(NCc4c(-c6c(Cl)cccc6Cl)noc4C4CC4)C5)sc3c2)CC1. The van der Waals surface area contributed by atoms with Gasteiger partial charge in [-0.1, -0.05) is 45.8 Å². The minimum atomic E-state index is -3.93. The van der Waals surface area contributed by atoms with Crippen molar-refractivity contribution in [1.82, 2.24) is 20.2 Å². The fraction of sp³-hybridized carbons (Fsp3) is 0.485. The van der Waals surface area contributed by atoms with E-state index in [1.165, 1.54) is 17.4 Å². The Morgan fingerprint density at radius 2 is 1.84 bits per heavy atom. The second-order valence-electron chi connectivity index (χ2n) is 13.7. The highest BCUT2D eigenvalue weighted by molar-refractivity contribution is 7.91. The summed E-state index contributed by atoms with van der Waals surface area (Å²) in [6.45, 7) is -1.04. The van der Waals surface area contributed by atoms with Crippen LogP contribution in [0.4, 0.5) is 13.9 Å². The summed E-state index contributed by atoms with van der Waals surface area (Å²) < 4.78 is 64.5. The van der Waals surface area contributed by atoms with E-state index < -0.39 is 27.3 Å². The van der Waals surface area contributed by atoms with Crippen molar-refractivity contribution in [2.45, 2.75) is 100 Å². The fourth-order valence-electron chi connectivity index (χ4n) is 7.15. The molecule has 2 unspecified atom stereocenters. The van der Waals surface area contributed by atoms with Gasteiger partial charge in [0.05, 0.1) is 19.5 Å². The van der Waals surface area contributed by atoms with Gasteiger partial charge in [-0.05, 0) is 82.6 Å². The number of aromatic nitrogens is 2. The second kappa shape index (κ2) is 12.3. The van der Waals surface area contributed by atoms with Crippen LogP contribution in [0.25, 0.3) is 21.5 Å². The number of rotatable bonds is 11. The molecule has 2 N–H and O–H groups in total. The molecule has 0 radical (unpaired) electrons. The van der Waals surface area contributed by atoms with Gasteiger partial charge in [0, 0.05) is 47.3 Å². The van der Waals surface area contributed by atoms with Crippen molar-refractivity contribution >= 4 is 65.8 Å². The molecule has 0 spiro atoms. The highest BCUT2D eigenvalue weighted by atomic mass is 35.5. The number of ether oxygens (including phenoxy) is 1. The predicted octanol–water partition coefficient (Wildman–Crippen LogP) is 7.64. The summed E-state index contributed by atoms with van der Waals surface area (Å²) in [6, 6.07) is 8.52. The maximum absolute atomic E-state index is 13.5. The van der Waals surface area contributed by atoms with Gasteiger partial charge in [-0.3, -0.25) is 4.79 Å². The molecule has 2 atom stereocenters. The lowest BCUT2D eigenvalue weighted by molar-refractivity contribution is -0.0489. The molecule has 1 amide bonds. The van der Waals surface area contributed by atoms with Crippen molar-refractivity contribution in [2.75, 3.05) is 4.90 Å². The van der Waals surface area contributed by atoms with Crippen LogP contribution in [-0.4, -0.2) is 53.9 Å². The molecule has 2 aliphatic heterocycles. The second-order valence-corrected chi connectivity index (χ2v) is 17.7. The van der Waals surface area contributed by atoms with Gasteiger partial charge in [-0.15, -0.1) is 0 Å². The number of benzene rings is 2. The van der Waals surface area contributed by atoms with E-state index in [1.807, 2.05) is 0 Å². The van der Waals surface area contributed by atoms with Gasteiger partial charge in [0.2, 0.25) is 10.0 Å². The monoisotopic (exact) mass is 751 g/mol. The summed E-state index contributed by atoms with van der Waals surface area (Å²) >= 11 is 14.4. The molecule has 10 nitrogen and oxygen atoms in total. The fourth-order valence-corrected chi connectivity index (χ4v) is 10.1. The number of hydrogen-bond donors (Lipinski definition) is 2. The number of thiazole rings is 1. The number of nitrogens with one attached hydrogen (secondary N) is 2. The third-order valence-corrected chi connectivity index (χ3v) is 14.1. The van der Waals surface area contributed by atoms with Crippen LogP contribution in [0.3, 0.4) is 0 Å². The molecular weight excluding hydrogens is 719 g/mol. The average molecular weight is 753 g/mol. The summed E-state index contributed by atoms with van der Waals surface area (Å²) in [6.07, 6.45) is 6.57. The molecule has 4 fully saturated rings. The van der Waals surface area contributed by atoms with Gasteiger partial charge < -0.3 is 19.5 Å². The summed E-state index contributed by atoms with van der Waals surface area (Å²) in [5, 5.41) is 9.84. The molecule has 16 heteroatoms. The normalized spacial score (nSPS) is 23.0. The van der Waals surface area contributed by atoms with Crippen molar-refractivity contribution in [3.05, 3.63) is 57.3 Å². The molecule has 2 aromatic heterocycles. The highest BCUT2D eigenvalue weighted by Gasteiger charge is 2.51. The molecule has 49 heavy (non-hydrogen) atoms. The minimum absolute atomic E-state index is 0.0891. The van der Waals surface area contributed by atoms with Crippen molar-refractivity contribution in [2.24, 2.45) is 0 Å². The number of carbonyl (C=O) groups is 1. The first kappa shape index (κ1) is 33.1. The number of carbonyl (C=O) groups excluding carboxylic acids is 1. The number of alkyl halides is 2. The Morgan fingerprint density at radius 3 is 2.47 bits per heavy atom. The standard InChI is InChI=1S/C33H33Cl2F2N5O5S2/c1-33(9-10-33)49(44,45)41-30(43)17-11-24(46-31(36)37)28-25(12-17)48-32(39-28)42-19-7-8-20(42)14-18(13-19)38-15-21-27(40-47-29(21)16-5-6-16)26-22(34)3-2-4-23(26)35/h2-4,11-12,16,18-20,31,38H,5-10,13-15H2,1H3,(H,41,43). The van der Waals surface area contributed by atoms with Crippen LogP contribution in [-0.2, 0) is 16.6 Å². The average Bonchev–Trinajstić information content (AvgIpc) is 3.92. The summed E-state index contributed by atoms with van der Waals surface area (Å²) in [7, 11) is -3.93. The summed E-state index contributed by atoms with van der Waals surface area (Å²) in [5.74, 6) is 0.0535. The smallest absolute Gasteiger partial charge is 0.387 e. The summed E-state index contributed by atoms with van der Waals surface area (Å²) in [5.41, 5.74) is 2.42. The van der Waals surface area contributed by atoms with Crippen molar-refractivity contribution in [3.63, 3.8) is 0 Å². The van der Waals surface area contributed by atoms with Crippen LogP contribution in [0, 0.1) is 0 Å². The van der Waals surface area contributed by atoms with Crippen LogP contribution < -0.4 is 19.7 Å². The number of fused-ring (bicyclic) bond motifs is 3. The lowest BCUT2D eigenvalue weighted by atomic mass is 9.97. The number of nitrogens with zero attached hydrogens (tertiary/aromatic N) is 3. The Labute approximate surface area is 295 Å². The molecule has 4 heterocycles. The number of halogens is 4. The third-order valence-electron chi connectivity index (χ3n) is 10.2. The van der Waals surface area contributed by atoms with Crippen molar-refractivity contribution in [3.8, 4) is 17.0 Å². The zero-order valence-corrected chi connectivity index (χ0v) is 29.5. The van der Waals surface area contributed by atoms with Crippen LogP contribution in [0.5, 0.6) is 5.75 Å². The first-order chi connectivity index (χ1) is 23.4. The maximum Gasteiger partial charge on any atom is 0.387 e. The first-order valence-corrected chi connectivity index (χ1v) is 19.4. The minimum Gasteiger partial charge on any atom is -0.432 e. The van der Waals surface area contributed by atoms with Crippen molar-refractivity contribution < 1.29 is 31.3 Å². The highest BCUT2D eigenvalue weighted by Crippen LogP contribution is 2.47. The topological polar surface area (TPSA) is 127 Å². The van der Waals surface area contributed by atoms with Gasteiger partial charge >= 0.3 is 6.61 Å². The zero-order valence-electron chi connectivity index (χ0n) is 26.3. The Balaban J connectivity index is 1.02. The van der Waals surface area contributed by atoms with E-state index in [4.69, 9.17) is 37.4 Å². The first-order valence-electron chi connectivity index (χ1n) is 16.3. The van der Waals surface area contributed by atoms with E-state index in [2.05, 4.69) is 20.1 Å². The van der Waals surface area contributed by atoms with E-state index >= 15 is 0 Å². The predicted molar refractivity (Wildman–Crippen MR) is 183 cm³/mol. The lowest BCUT2D eigenvalue weighted by Crippen LogP contribution is -2.49.